The third kappa shape index (κ3) is 3.57. The van der Waals surface area contributed by atoms with E-state index < -0.39 is 17.5 Å². The van der Waals surface area contributed by atoms with Crippen LogP contribution in [0.4, 0.5) is 14.5 Å². The molecular weight excluding hydrogens is 366 g/mol. The van der Waals surface area contributed by atoms with E-state index in [-0.39, 0.29) is 17.2 Å². The van der Waals surface area contributed by atoms with Gasteiger partial charge in [0, 0.05) is 55.0 Å². The predicted molar refractivity (Wildman–Crippen MR) is 103 cm³/mol. The summed E-state index contributed by atoms with van der Waals surface area (Å²) in [6, 6.07) is 7.71. The SMILES string of the molecule is CN/C=C1\C(=N)C(=O)N(C)C=C1c1cc(N)ccc1Oc1ccc(F)cc1F. The van der Waals surface area contributed by atoms with Crippen LogP contribution in [0.25, 0.3) is 5.57 Å². The first-order valence-electron chi connectivity index (χ1n) is 8.30. The van der Waals surface area contributed by atoms with Gasteiger partial charge in [-0.25, -0.2) is 8.78 Å². The van der Waals surface area contributed by atoms with Crippen LogP contribution < -0.4 is 15.8 Å². The van der Waals surface area contributed by atoms with E-state index in [9.17, 15) is 13.6 Å². The number of hydrogen-bond donors (Lipinski definition) is 3. The van der Waals surface area contributed by atoms with Gasteiger partial charge in [-0.2, -0.15) is 0 Å². The number of amides is 1. The number of ether oxygens (including phenoxy) is 1. The molecule has 4 N–H and O–H groups in total. The Morgan fingerprint density at radius 3 is 2.57 bits per heavy atom. The van der Waals surface area contributed by atoms with E-state index in [1.807, 2.05) is 0 Å². The van der Waals surface area contributed by atoms with Crippen molar-refractivity contribution in [3.05, 3.63) is 71.6 Å². The highest BCUT2D eigenvalue weighted by Gasteiger charge is 2.29. The minimum Gasteiger partial charge on any atom is -0.454 e. The number of carbonyl (C=O) groups excluding carboxylic acids is 1. The Morgan fingerprint density at radius 1 is 1.18 bits per heavy atom. The monoisotopic (exact) mass is 384 g/mol. The highest BCUT2D eigenvalue weighted by Crippen LogP contribution is 2.38. The van der Waals surface area contributed by atoms with E-state index in [1.165, 1.54) is 24.2 Å². The maximum absolute atomic E-state index is 14.0. The van der Waals surface area contributed by atoms with Gasteiger partial charge in [0.2, 0.25) is 0 Å². The Morgan fingerprint density at radius 2 is 1.89 bits per heavy atom. The zero-order valence-corrected chi connectivity index (χ0v) is 15.2. The molecule has 1 amide bonds. The van der Waals surface area contributed by atoms with Gasteiger partial charge < -0.3 is 20.7 Å². The summed E-state index contributed by atoms with van der Waals surface area (Å²) in [6.07, 6.45) is 3.07. The minimum absolute atomic E-state index is 0.164. The molecule has 1 heterocycles. The molecule has 6 nitrogen and oxygen atoms in total. The standard InChI is InChI=1S/C20H18F2N4O2/c1-25-9-14-15(10-26(2)20(27)19(14)24)13-8-12(23)4-6-17(13)28-18-5-3-11(21)7-16(18)22/h3-10,24-25H,23H2,1-2H3/b14-9-,24-19?. The van der Waals surface area contributed by atoms with Gasteiger partial charge in [0.1, 0.15) is 17.3 Å². The lowest BCUT2D eigenvalue weighted by Crippen LogP contribution is -2.35. The summed E-state index contributed by atoms with van der Waals surface area (Å²) < 4.78 is 32.9. The van der Waals surface area contributed by atoms with Crippen LogP contribution in [0.1, 0.15) is 5.56 Å². The second kappa shape index (κ2) is 7.51. The second-order valence-electron chi connectivity index (χ2n) is 6.11. The zero-order chi connectivity index (χ0) is 20.4. The quantitative estimate of drug-likeness (QED) is 0.706. The summed E-state index contributed by atoms with van der Waals surface area (Å²) in [6.45, 7) is 0. The Hall–Kier alpha value is -3.68. The van der Waals surface area contributed by atoms with Crippen molar-refractivity contribution in [2.24, 2.45) is 0 Å². The van der Waals surface area contributed by atoms with Gasteiger partial charge in [-0.1, -0.05) is 0 Å². The molecule has 2 aromatic carbocycles. The molecule has 0 aromatic heterocycles. The summed E-state index contributed by atoms with van der Waals surface area (Å²) in [5, 5.41) is 11.0. The number of nitrogens with zero attached hydrogens (tertiary/aromatic N) is 1. The fraction of sp³-hybridized carbons (Fsp3) is 0.100. The number of nitrogens with two attached hydrogens (primary N) is 1. The molecule has 144 valence electrons. The van der Waals surface area contributed by atoms with Crippen LogP contribution in [0.2, 0.25) is 0 Å². The summed E-state index contributed by atoms with van der Waals surface area (Å²) in [5.41, 5.74) is 7.40. The third-order valence-electron chi connectivity index (χ3n) is 4.11. The van der Waals surface area contributed by atoms with Crippen molar-refractivity contribution in [3.8, 4) is 11.5 Å². The molecule has 0 unspecified atom stereocenters. The fourth-order valence-corrected chi connectivity index (χ4v) is 2.78. The molecule has 28 heavy (non-hydrogen) atoms. The van der Waals surface area contributed by atoms with Crippen LogP contribution in [0, 0.1) is 17.0 Å². The maximum atomic E-state index is 14.0. The number of nitrogens with one attached hydrogen (secondary N) is 2. The maximum Gasteiger partial charge on any atom is 0.276 e. The van der Waals surface area contributed by atoms with Gasteiger partial charge in [0.25, 0.3) is 5.91 Å². The molecule has 0 spiro atoms. The number of anilines is 1. The van der Waals surface area contributed by atoms with Crippen molar-refractivity contribution < 1.29 is 18.3 Å². The molecule has 0 fully saturated rings. The normalized spacial score (nSPS) is 15.6. The zero-order valence-electron chi connectivity index (χ0n) is 15.2. The number of halogens is 2. The lowest BCUT2D eigenvalue weighted by molar-refractivity contribution is -0.120. The van der Waals surface area contributed by atoms with Gasteiger partial charge in [0.15, 0.2) is 11.6 Å². The Labute approximate surface area is 160 Å². The fourth-order valence-electron chi connectivity index (χ4n) is 2.78. The van der Waals surface area contributed by atoms with Crippen LogP contribution in [0.15, 0.2) is 54.4 Å². The van der Waals surface area contributed by atoms with Crippen molar-refractivity contribution in [1.29, 1.82) is 5.41 Å². The van der Waals surface area contributed by atoms with E-state index in [2.05, 4.69) is 5.32 Å². The predicted octanol–water partition coefficient (Wildman–Crippen LogP) is 3.28. The van der Waals surface area contributed by atoms with Gasteiger partial charge in [-0.15, -0.1) is 0 Å². The van der Waals surface area contributed by atoms with Crippen molar-refractivity contribution in [2.75, 3.05) is 19.8 Å². The van der Waals surface area contributed by atoms with Gasteiger partial charge in [-0.05, 0) is 30.3 Å². The van der Waals surface area contributed by atoms with Crippen molar-refractivity contribution in [2.45, 2.75) is 0 Å². The topological polar surface area (TPSA) is 91.4 Å². The minimum atomic E-state index is -0.855. The third-order valence-corrected chi connectivity index (χ3v) is 4.11. The molecule has 0 bridgehead atoms. The summed E-state index contributed by atoms with van der Waals surface area (Å²) in [5.74, 6) is -1.97. The number of benzene rings is 2. The van der Waals surface area contributed by atoms with Gasteiger partial charge in [0.05, 0.1) is 0 Å². The molecule has 0 saturated heterocycles. The molecule has 3 rings (SSSR count). The molecule has 0 aliphatic carbocycles. The molecule has 8 heteroatoms. The molecule has 0 atom stereocenters. The molecular formula is C20H18F2N4O2. The molecule has 0 saturated carbocycles. The number of nitrogen functional groups attached to an aromatic ring is 1. The van der Waals surface area contributed by atoms with E-state index in [0.717, 1.165) is 12.1 Å². The van der Waals surface area contributed by atoms with Crippen LogP contribution in [0.5, 0.6) is 11.5 Å². The molecule has 0 radical (unpaired) electrons. The summed E-state index contributed by atoms with van der Waals surface area (Å²) in [4.78, 5) is 13.4. The summed E-state index contributed by atoms with van der Waals surface area (Å²) >= 11 is 0. The van der Waals surface area contributed by atoms with E-state index in [4.69, 9.17) is 15.9 Å². The average molecular weight is 384 g/mol. The smallest absolute Gasteiger partial charge is 0.276 e. The largest absolute Gasteiger partial charge is 0.454 e. The first-order valence-corrected chi connectivity index (χ1v) is 8.30. The van der Waals surface area contributed by atoms with Crippen LogP contribution in [-0.2, 0) is 4.79 Å². The molecule has 1 aliphatic heterocycles. The van der Waals surface area contributed by atoms with Crippen molar-refractivity contribution >= 4 is 22.9 Å². The lowest BCUT2D eigenvalue weighted by atomic mass is 9.91. The second-order valence-corrected chi connectivity index (χ2v) is 6.11. The van der Waals surface area contributed by atoms with Crippen molar-refractivity contribution in [1.82, 2.24) is 10.2 Å². The van der Waals surface area contributed by atoms with Crippen LogP contribution in [-0.4, -0.2) is 30.6 Å². The van der Waals surface area contributed by atoms with Crippen LogP contribution >= 0.6 is 0 Å². The Kier molecular flexibility index (Phi) is 5.12. The number of hydrogen-bond acceptors (Lipinski definition) is 5. The van der Waals surface area contributed by atoms with Gasteiger partial charge >= 0.3 is 0 Å². The van der Waals surface area contributed by atoms with E-state index >= 15 is 0 Å². The van der Waals surface area contributed by atoms with E-state index in [1.54, 1.807) is 31.4 Å². The average Bonchev–Trinajstić information content (AvgIpc) is 2.65. The number of allylic oxidation sites excluding steroid dienone is 1. The highest BCUT2D eigenvalue weighted by atomic mass is 19.1. The molecule has 1 aliphatic rings. The first-order chi connectivity index (χ1) is 13.3. The molecule has 2 aromatic rings. The summed E-state index contributed by atoms with van der Waals surface area (Å²) in [7, 11) is 3.17. The first kappa shape index (κ1) is 19.1. The number of carbonyl (C=O) groups is 1. The Balaban J connectivity index is 2.14. The van der Waals surface area contributed by atoms with Crippen molar-refractivity contribution in [3.63, 3.8) is 0 Å². The number of rotatable bonds is 4. The highest BCUT2D eigenvalue weighted by molar-refractivity contribution is 6.48. The van der Waals surface area contributed by atoms with Crippen LogP contribution in [0.3, 0.4) is 0 Å². The lowest BCUT2D eigenvalue weighted by Gasteiger charge is -2.25. The Bertz CT molecular complexity index is 1030. The van der Waals surface area contributed by atoms with E-state index in [0.29, 0.717) is 22.4 Å². The van der Waals surface area contributed by atoms with Gasteiger partial charge in [-0.3, -0.25) is 10.2 Å².